The molecule has 19 heavy (non-hydrogen) atoms. The van der Waals surface area contributed by atoms with E-state index in [9.17, 15) is 9.59 Å². The van der Waals surface area contributed by atoms with Gasteiger partial charge in [0, 0.05) is 12.8 Å². The maximum atomic E-state index is 11.9. The van der Waals surface area contributed by atoms with Crippen molar-refractivity contribution >= 4 is 11.6 Å². The van der Waals surface area contributed by atoms with Crippen LogP contribution in [-0.2, 0) is 9.53 Å². The molecule has 1 fully saturated rings. The molecule has 0 saturated carbocycles. The summed E-state index contributed by atoms with van der Waals surface area (Å²) in [6.45, 7) is 5.83. The number of carbonyl (C=O) groups excluding carboxylic acids is 2. The Kier molecular flexibility index (Phi) is 3.90. The van der Waals surface area contributed by atoms with Gasteiger partial charge in [-0.1, -0.05) is 6.92 Å². The predicted molar refractivity (Wildman–Crippen MR) is 70.0 cm³/mol. The van der Waals surface area contributed by atoms with Gasteiger partial charge in [0.1, 0.15) is 12.4 Å². The molecule has 0 bridgehead atoms. The summed E-state index contributed by atoms with van der Waals surface area (Å²) in [5, 5.41) is 0. The Morgan fingerprint density at radius 1 is 1.42 bits per heavy atom. The average molecular weight is 264 g/mol. The minimum absolute atomic E-state index is 0.0658. The molecule has 0 N–H and O–H groups in total. The van der Waals surface area contributed by atoms with E-state index in [1.165, 1.54) is 12.5 Å². The molecule has 1 aromatic heterocycles. The fourth-order valence-corrected chi connectivity index (χ4v) is 2.22. The van der Waals surface area contributed by atoms with Crippen molar-refractivity contribution in [1.29, 1.82) is 0 Å². The molecule has 104 valence electrons. The molecule has 1 saturated heterocycles. The lowest BCUT2D eigenvalue weighted by atomic mass is 9.93. The zero-order valence-electron chi connectivity index (χ0n) is 11.6. The van der Waals surface area contributed by atoms with Crippen LogP contribution in [0.4, 0.5) is 0 Å². The lowest BCUT2D eigenvalue weighted by molar-refractivity contribution is -0.121. The van der Waals surface area contributed by atoms with Crippen LogP contribution in [-0.4, -0.2) is 23.3 Å². The van der Waals surface area contributed by atoms with E-state index in [1.807, 2.05) is 20.8 Å². The van der Waals surface area contributed by atoms with Crippen molar-refractivity contribution in [3.8, 4) is 0 Å². The average Bonchev–Trinajstić information content (AvgIpc) is 2.81. The Morgan fingerprint density at radius 3 is 2.63 bits per heavy atom. The molecule has 1 aliphatic heterocycles. The van der Waals surface area contributed by atoms with Crippen molar-refractivity contribution in [2.24, 2.45) is 5.92 Å². The third kappa shape index (κ3) is 3.53. The number of furan rings is 1. The highest BCUT2D eigenvalue weighted by molar-refractivity contribution is 5.95. The summed E-state index contributed by atoms with van der Waals surface area (Å²) in [7, 11) is 0. The number of epoxide rings is 1. The Bertz CT molecular complexity index is 458. The zero-order valence-corrected chi connectivity index (χ0v) is 11.6. The molecule has 0 aliphatic carbocycles. The first-order valence-electron chi connectivity index (χ1n) is 6.66. The van der Waals surface area contributed by atoms with Crippen molar-refractivity contribution in [2.75, 3.05) is 0 Å². The zero-order chi connectivity index (χ0) is 14.0. The van der Waals surface area contributed by atoms with Crippen LogP contribution in [0.25, 0.3) is 0 Å². The van der Waals surface area contributed by atoms with Gasteiger partial charge >= 0.3 is 0 Å². The highest BCUT2D eigenvalue weighted by atomic mass is 16.6. The molecule has 2 atom stereocenters. The van der Waals surface area contributed by atoms with E-state index in [0.717, 1.165) is 0 Å². The van der Waals surface area contributed by atoms with Crippen LogP contribution in [0.3, 0.4) is 0 Å². The Labute approximate surface area is 113 Å². The van der Waals surface area contributed by atoms with E-state index in [4.69, 9.17) is 9.15 Å². The van der Waals surface area contributed by atoms with Crippen molar-refractivity contribution in [3.63, 3.8) is 0 Å². The second kappa shape index (κ2) is 5.29. The fourth-order valence-electron chi connectivity index (χ4n) is 2.22. The Balaban J connectivity index is 1.72. The molecule has 4 heteroatoms. The van der Waals surface area contributed by atoms with Gasteiger partial charge in [0.05, 0.1) is 17.4 Å². The van der Waals surface area contributed by atoms with Crippen LogP contribution < -0.4 is 0 Å². The van der Waals surface area contributed by atoms with Gasteiger partial charge in [0.15, 0.2) is 11.6 Å². The molecule has 0 unspecified atom stereocenters. The maximum Gasteiger partial charge on any atom is 0.166 e. The standard InChI is InChI=1S/C15H20O4/c1-10(8-13(17)14-15(2,3)19-14)4-5-12(16)11-6-7-18-9-11/h6-7,9-10,14H,4-5,8H2,1-3H3/t10-,14-/m0/s1. The first kappa shape index (κ1) is 14.0. The molecule has 0 spiro atoms. The molecule has 0 amide bonds. The smallest absolute Gasteiger partial charge is 0.166 e. The maximum absolute atomic E-state index is 11.9. The number of rotatable bonds is 7. The van der Waals surface area contributed by atoms with Gasteiger partial charge in [-0.05, 0) is 32.3 Å². The monoisotopic (exact) mass is 264 g/mol. The minimum atomic E-state index is -0.288. The third-order valence-corrected chi connectivity index (χ3v) is 3.55. The van der Waals surface area contributed by atoms with Crippen LogP contribution >= 0.6 is 0 Å². The first-order valence-corrected chi connectivity index (χ1v) is 6.66. The Morgan fingerprint density at radius 2 is 2.11 bits per heavy atom. The van der Waals surface area contributed by atoms with E-state index in [-0.39, 0.29) is 29.2 Å². The largest absolute Gasteiger partial charge is 0.472 e. The van der Waals surface area contributed by atoms with Crippen molar-refractivity contribution in [2.45, 2.75) is 51.7 Å². The van der Waals surface area contributed by atoms with Gasteiger partial charge in [-0.3, -0.25) is 9.59 Å². The number of ketones is 2. The summed E-state index contributed by atoms with van der Waals surface area (Å²) in [4.78, 5) is 23.7. The lowest BCUT2D eigenvalue weighted by Gasteiger charge is -2.08. The summed E-state index contributed by atoms with van der Waals surface area (Å²) in [6.07, 6.45) is 4.34. The SMILES string of the molecule is C[C@@H](CCC(=O)c1ccoc1)CC(=O)[C@@H]1OC1(C)C. The molecule has 1 aromatic rings. The molecule has 0 radical (unpaired) electrons. The quantitative estimate of drug-likeness (QED) is 0.561. The molecular weight excluding hydrogens is 244 g/mol. The highest BCUT2D eigenvalue weighted by Crippen LogP contribution is 2.37. The topological polar surface area (TPSA) is 59.8 Å². The van der Waals surface area contributed by atoms with Crippen molar-refractivity contribution in [1.82, 2.24) is 0 Å². The Hall–Kier alpha value is -1.42. The van der Waals surface area contributed by atoms with E-state index in [0.29, 0.717) is 24.8 Å². The van der Waals surface area contributed by atoms with Gasteiger partial charge in [-0.25, -0.2) is 0 Å². The number of Topliss-reactive ketones (excluding diaryl/α,β-unsaturated/α-hetero) is 2. The second-order valence-corrected chi connectivity index (χ2v) is 5.85. The van der Waals surface area contributed by atoms with Crippen LogP contribution in [0, 0.1) is 5.92 Å². The van der Waals surface area contributed by atoms with E-state index in [2.05, 4.69) is 0 Å². The van der Waals surface area contributed by atoms with Crippen LogP contribution in [0.15, 0.2) is 23.0 Å². The van der Waals surface area contributed by atoms with Gasteiger partial charge < -0.3 is 9.15 Å². The molecule has 1 aliphatic rings. The van der Waals surface area contributed by atoms with E-state index >= 15 is 0 Å². The van der Waals surface area contributed by atoms with Gasteiger partial charge in [-0.2, -0.15) is 0 Å². The molecule has 2 heterocycles. The number of ether oxygens (including phenoxy) is 1. The van der Waals surface area contributed by atoms with Crippen LogP contribution in [0.5, 0.6) is 0 Å². The third-order valence-electron chi connectivity index (χ3n) is 3.55. The second-order valence-electron chi connectivity index (χ2n) is 5.85. The highest BCUT2D eigenvalue weighted by Gasteiger charge is 2.52. The summed E-state index contributed by atoms with van der Waals surface area (Å²) >= 11 is 0. The fraction of sp³-hybridized carbons (Fsp3) is 0.600. The number of carbonyl (C=O) groups is 2. The number of hydrogen-bond acceptors (Lipinski definition) is 4. The first-order chi connectivity index (χ1) is 8.90. The summed E-state index contributed by atoms with van der Waals surface area (Å²) in [6, 6.07) is 1.67. The van der Waals surface area contributed by atoms with Crippen LogP contribution in [0.1, 0.15) is 50.4 Å². The summed E-state index contributed by atoms with van der Waals surface area (Å²) in [5.41, 5.74) is 0.314. The minimum Gasteiger partial charge on any atom is -0.472 e. The van der Waals surface area contributed by atoms with Crippen LogP contribution in [0.2, 0.25) is 0 Å². The molecule has 4 nitrogen and oxygen atoms in total. The van der Waals surface area contributed by atoms with Gasteiger partial charge in [0.25, 0.3) is 0 Å². The van der Waals surface area contributed by atoms with E-state index < -0.39 is 0 Å². The number of hydrogen-bond donors (Lipinski definition) is 0. The molecule has 2 rings (SSSR count). The normalized spacial score (nSPS) is 21.9. The van der Waals surface area contributed by atoms with E-state index in [1.54, 1.807) is 6.07 Å². The lowest BCUT2D eigenvalue weighted by Crippen LogP contribution is -2.17. The van der Waals surface area contributed by atoms with Crippen molar-refractivity contribution < 1.29 is 18.7 Å². The summed E-state index contributed by atoms with van der Waals surface area (Å²) < 4.78 is 10.2. The molecule has 0 aromatic carbocycles. The van der Waals surface area contributed by atoms with Gasteiger partial charge in [0.2, 0.25) is 0 Å². The van der Waals surface area contributed by atoms with Crippen molar-refractivity contribution in [3.05, 3.63) is 24.2 Å². The summed E-state index contributed by atoms with van der Waals surface area (Å²) in [5.74, 6) is 0.410. The molecular formula is C15H20O4. The van der Waals surface area contributed by atoms with Gasteiger partial charge in [-0.15, -0.1) is 0 Å². The predicted octanol–water partition coefficient (Wildman–Crippen LogP) is 3.02.